The SMILES string of the molecule is CCCc1cc2c(cc1O)Oc1cc(OCc3ccccc3)c(CCC)cc1C21OC(=O)c2ccccc21. The van der Waals surface area contributed by atoms with Gasteiger partial charge in [-0.3, -0.25) is 0 Å². The Hall–Kier alpha value is -4.25. The van der Waals surface area contributed by atoms with Crippen molar-refractivity contribution in [2.45, 2.75) is 51.7 Å². The summed E-state index contributed by atoms with van der Waals surface area (Å²) in [4.78, 5) is 13.2. The van der Waals surface area contributed by atoms with Crippen molar-refractivity contribution < 1.29 is 24.1 Å². The number of ether oxygens (including phenoxy) is 3. The predicted octanol–water partition coefficient (Wildman–Crippen LogP) is 7.44. The van der Waals surface area contributed by atoms with Crippen LogP contribution in [0.3, 0.4) is 0 Å². The second-order valence-corrected chi connectivity index (χ2v) is 9.93. The van der Waals surface area contributed by atoms with Gasteiger partial charge in [-0.05, 0) is 47.7 Å². The lowest BCUT2D eigenvalue weighted by Gasteiger charge is -2.37. The second kappa shape index (κ2) is 9.56. The monoisotopic (exact) mass is 506 g/mol. The first kappa shape index (κ1) is 24.1. The zero-order valence-electron chi connectivity index (χ0n) is 21.6. The van der Waals surface area contributed by atoms with Crippen molar-refractivity contribution in [1.82, 2.24) is 0 Å². The van der Waals surface area contributed by atoms with Crippen molar-refractivity contribution in [3.8, 4) is 23.0 Å². The quantitative estimate of drug-likeness (QED) is 0.264. The molecule has 6 rings (SSSR count). The molecule has 2 aliphatic heterocycles. The number of hydrogen-bond donors (Lipinski definition) is 1. The molecule has 1 atom stereocenters. The van der Waals surface area contributed by atoms with Gasteiger partial charge in [-0.1, -0.05) is 75.2 Å². The first-order valence-corrected chi connectivity index (χ1v) is 13.3. The van der Waals surface area contributed by atoms with Gasteiger partial charge in [-0.15, -0.1) is 0 Å². The Morgan fingerprint density at radius 3 is 2.21 bits per heavy atom. The molecule has 4 aromatic rings. The topological polar surface area (TPSA) is 65.0 Å². The van der Waals surface area contributed by atoms with Gasteiger partial charge in [0, 0.05) is 28.8 Å². The van der Waals surface area contributed by atoms with Gasteiger partial charge in [0.1, 0.15) is 29.6 Å². The molecule has 38 heavy (non-hydrogen) atoms. The average Bonchev–Trinajstić information content (AvgIpc) is 3.22. The van der Waals surface area contributed by atoms with Gasteiger partial charge in [0.25, 0.3) is 0 Å². The standard InChI is InChI=1S/C33H30O5/c1-3-10-22-16-26-30(18-28(22)34)37-31-19-29(36-20-21-12-6-5-7-13-21)23(11-4-2)17-27(31)33(26)25-15-9-8-14-24(25)32(35)38-33/h5-9,12-19,34H,3-4,10-11,20H2,1-2H3. The van der Waals surface area contributed by atoms with E-state index in [1.54, 1.807) is 12.1 Å². The number of fused-ring (bicyclic) bond motifs is 6. The van der Waals surface area contributed by atoms with Gasteiger partial charge >= 0.3 is 5.97 Å². The molecule has 0 amide bonds. The minimum atomic E-state index is -1.17. The molecule has 2 heterocycles. The average molecular weight is 507 g/mol. The van der Waals surface area contributed by atoms with Crippen LogP contribution in [-0.2, 0) is 29.8 Å². The van der Waals surface area contributed by atoms with Gasteiger partial charge in [-0.25, -0.2) is 4.79 Å². The molecule has 1 N–H and O–H groups in total. The predicted molar refractivity (Wildman–Crippen MR) is 145 cm³/mol. The number of hydrogen-bond acceptors (Lipinski definition) is 5. The van der Waals surface area contributed by atoms with E-state index >= 15 is 0 Å². The van der Waals surface area contributed by atoms with E-state index in [1.165, 1.54) is 0 Å². The van der Waals surface area contributed by atoms with Crippen LogP contribution in [0.25, 0.3) is 0 Å². The molecule has 0 aliphatic carbocycles. The maximum atomic E-state index is 13.2. The fourth-order valence-electron chi connectivity index (χ4n) is 5.62. The number of benzene rings is 4. The lowest BCUT2D eigenvalue weighted by atomic mass is 9.76. The molecule has 0 bridgehead atoms. The number of phenols is 1. The normalized spacial score (nSPS) is 16.8. The van der Waals surface area contributed by atoms with Gasteiger partial charge in [0.15, 0.2) is 5.60 Å². The number of carbonyl (C=O) groups is 1. The highest BCUT2D eigenvalue weighted by atomic mass is 16.6. The van der Waals surface area contributed by atoms with Crippen LogP contribution in [0.1, 0.15) is 70.4 Å². The smallest absolute Gasteiger partial charge is 0.340 e. The summed E-state index contributed by atoms with van der Waals surface area (Å²) >= 11 is 0. The van der Waals surface area contributed by atoms with Crippen LogP contribution in [0.4, 0.5) is 0 Å². The third-order valence-corrected chi connectivity index (χ3v) is 7.37. The first-order chi connectivity index (χ1) is 18.5. The third kappa shape index (κ3) is 3.81. The van der Waals surface area contributed by atoms with Gasteiger partial charge in [0.05, 0.1) is 5.56 Å². The summed E-state index contributed by atoms with van der Waals surface area (Å²) in [5.74, 6) is 1.55. The highest BCUT2D eigenvalue weighted by Gasteiger charge is 2.54. The molecule has 0 fully saturated rings. The largest absolute Gasteiger partial charge is 0.508 e. The number of esters is 1. The summed E-state index contributed by atoms with van der Waals surface area (Å²) in [7, 11) is 0. The van der Waals surface area contributed by atoms with Crippen molar-refractivity contribution in [2.24, 2.45) is 0 Å². The van der Waals surface area contributed by atoms with E-state index in [0.29, 0.717) is 30.1 Å². The third-order valence-electron chi connectivity index (χ3n) is 7.37. The molecule has 0 radical (unpaired) electrons. The molecule has 5 nitrogen and oxygen atoms in total. The number of rotatable bonds is 7. The van der Waals surface area contributed by atoms with E-state index in [-0.39, 0.29) is 11.7 Å². The minimum Gasteiger partial charge on any atom is -0.508 e. The van der Waals surface area contributed by atoms with E-state index in [4.69, 9.17) is 14.2 Å². The van der Waals surface area contributed by atoms with E-state index in [2.05, 4.69) is 19.9 Å². The summed E-state index contributed by atoms with van der Waals surface area (Å²) in [6, 6.07) is 25.1. The van der Waals surface area contributed by atoms with Crippen LogP contribution >= 0.6 is 0 Å². The number of phenolic OH excluding ortho intramolecular Hbond substituents is 1. The van der Waals surface area contributed by atoms with Crippen molar-refractivity contribution >= 4 is 5.97 Å². The Morgan fingerprint density at radius 2 is 1.45 bits per heavy atom. The number of carbonyl (C=O) groups excluding carboxylic acids is 1. The molecular weight excluding hydrogens is 476 g/mol. The van der Waals surface area contributed by atoms with Crippen LogP contribution in [-0.4, -0.2) is 11.1 Å². The highest BCUT2D eigenvalue weighted by Crippen LogP contribution is 2.58. The van der Waals surface area contributed by atoms with Crippen molar-refractivity contribution in [1.29, 1.82) is 0 Å². The Morgan fingerprint density at radius 1 is 0.789 bits per heavy atom. The minimum absolute atomic E-state index is 0.171. The Balaban J connectivity index is 1.56. The maximum Gasteiger partial charge on any atom is 0.340 e. The van der Waals surface area contributed by atoms with Crippen molar-refractivity contribution in [3.05, 3.63) is 118 Å². The fourth-order valence-corrected chi connectivity index (χ4v) is 5.62. The van der Waals surface area contributed by atoms with Crippen LogP contribution in [0.15, 0.2) is 78.9 Å². The molecule has 4 aromatic carbocycles. The molecule has 2 aliphatic rings. The van der Waals surface area contributed by atoms with Crippen molar-refractivity contribution in [2.75, 3.05) is 0 Å². The number of aryl methyl sites for hydroxylation is 2. The van der Waals surface area contributed by atoms with Gasteiger partial charge < -0.3 is 19.3 Å². The van der Waals surface area contributed by atoms with Gasteiger partial charge in [-0.2, -0.15) is 0 Å². The lowest BCUT2D eigenvalue weighted by Crippen LogP contribution is -2.33. The molecule has 192 valence electrons. The van der Waals surface area contributed by atoms with E-state index < -0.39 is 5.60 Å². The van der Waals surface area contributed by atoms with Gasteiger partial charge in [0.2, 0.25) is 0 Å². The second-order valence-electron chi connectivity index (χ2n) is 9.93. The Bertz CT molecular complexity index is 1520. The van der Waals surface area contributed by atoms with Crippen LogP contribution in [0.5, 0.6) is 23.0 Å². The van der Waals surface area contributed by atoms with E-state index in [0.717, 1.165) is 58.4 Å². The Kier molecular flexibility index (Phi) is 6.07. The summed E-state index contributed by atoms with van der Waals surface area (Å²) in [5, 5.41) is 10.8. The van der Waals surface area contributed by atoms with Crippen LogP contribution < -0.4 is 9.47 Å². The zero-order chi connectivity index (χ0) is 26.3. The zero-order valence-corrected chi connectivity index (χ0v) is 21.6. The van der Waals surface area contributed by atoms with Crippen LogP contribution in [0, 0.1) is 0 Å². The van der Waals surface area contributed by atoms with E-state index in [1.807, 2.05) is 60.7 Å². The molecule has 0 aromatic heterocycles. The molecule has 5 heteroatoms. The van der Waals surface area contributed by atoms with E-state index in [9.17, 15) is 9.90 Å². The molecular formula is C33H30O5. The molecule has 1 spiro atoms. The molecule has 0 saturated carbocycles. The summed E-state index contributed by atoms with van der Waals surface area (Å²) < 4.78 is 19.1. The van der Waals surface area contributed by atoms with Crippen molar-refractivity contribution in [3.63, 3.8) is 0 Å². The maximum absolute atomic E-state index is 13.2. The molecule has 1 unspecified atom stereocenters. The first-order valence-electron chi connectivity index (χ1n) is 13.3. The fraction of sp³-hybridized carbons (Fsp3) is 0.242. The summed E-state index contributed by atoms with van der Waals surface area (Å²) in [6.07, 6.45) is 3.29. The highest BCUT2D eigenvalue weighted by molar-refractivity contribution is 5.97. The Labute approximate surface area is 222 Å². The van der Waals surface area contributed by atoms with Crippen LogP contribution in [0.2, 0.25) is 0 Å². The molecule has 0 saturated heterocycles. The summed E-state index contributed by atoms with van der Waals surface area (Å²) in [6.45, 7) is 4.63. The lowest BCUT2D eigenvalue weighted by molar-refractivity contribution is 0.0223. The number of aromatic hydroxyl groups is 1. The summed E-state index contributed by atoms with van der Waals surface area (Å²) in [5.41, 5.74) is 4.55.